The van der Waals surface area contributed by atoms with Crippen molar-refractivity contribution in [1.82, 2.24) is 15.1 Å². The first-order chi connectivity index (χ1) is 10.7. The SMILES string of the molecule is NC(=O)CC1CCCN(C(=O)NC2CCN(CC(F)(F)F)C2)C1. The predicted molar refractivity (Wildman–Crippen MR) is 77.5 cm³/mol. The minimum atomic E-state index is -4.21. The number of carbonyl (C=O) groups excluding carboxylic acids is 2. The van der Waals surface area contributed by atoms with Crippen LogP contribution < -0.4 is 11.1 Å². The Morgan fingerprint density at radius 1 is 1.17 bits per heavy atom. The molecule has 3 amide bonds. The van der Waals surface area contributed by atoms with Crippen molar-refractivity contribution < 1.29 is 22.8 Å². The molecule has 6 nitrogen and oxygen atoms in total. The molecular weight excluding hydrogens is 313 g/mol. The van der Waals surface area contributed by atoms with Crippen LogP contribution in [0.3, 0.4) is 0 Å². The van der Waals surface area contributed by atoms with Crippen LogP contribution in [0.1, 0.15) is 25.7 Å². The number of carbonyl (C=O) groups is 2. The molecule has 2 unspecified atom stereocenters. The molecule has 2 heterocycles. The van der Waals surface area contributed by atoms with Gasteiger partial charge in [-0.15, -0.1) is 0 Å². The molecule has 2 atom stereocenters. The standard InChI is InChI=1S/C14H23F3N4O2/c15-14(16,17)9-20-5-3-11(8-20)19-13(23)21-4-1-2-10(7-21)6-12(18)22/h10-11H,1-9H2,(H2,18,22)(H,19,23). The van der Waals surface area contributed by atoms with E-state index in [0.717, 1.165) is 12.8 Å². The van der Waals surface area contributed by atoms with Crippen molar-refractivity contribution in [2.24, 2.45) is 11.7 Å². The van der Waals surface area contributed by atoms with Gasteiger partial charge in [0.25, 0.3) is 0 Å². The van der Waals surface area contributed by atoms with Crippen molar-refractivity contribution in [2.75, 3.05) is 32.7 Å². The predicted octanol–water partition coefficient (Wildman–Crippen LogP) is 0.920. The number of hydrogen-bond acceptors (Lipinski definition) is 3. The van der Waals surface area contributed by atoms with Crippen LogP contribution >= 0.6 is 0 Å². The van der Waals surface area contributed by atoms with Gasteiger partial charge >= 0.3 is 12.2 Å². The lowest BCUT2D eigenvalue weighted by Crippen LogP contribution is -2.49. The number of hydrogen-bond donors (Lipinski definition) is 2. The lowest BCUT2D eigenvalue weighted by atomic mass is 9.95. The molecule has 3 N–H and O–H groups in total. The average Bonchev–Trinajstić information content (AvgIpc) is 2.83. The molecule has 9 heteroatoms. The van der Waals surface area contributed by atoms with E-state index in [4.69, 9.17) is 5.73 Å². The lowest BCUT2D eigenvalue weighted by molar-refractivity contribution is -0.143. The number of urea groups is 1. The van der Waals surface area contributed by atoms with Crippen molar-refractivity contribution in [3.8, 4) is 0 Å². The molecule has 132 valence electrons. The molecular formula is C14H23F3N4O2. The minimum absolute atomic E-state index is 0.0669. The molecule has 0 aromatic heterocycles. The molecule has 23 heavy (non-hydrogen) atoms. The highest BCUT2D eigenvalue weighted by Gasteiger charge is 2.35. The van der Waals surface area contributed by atoms with Gasteiger partial charge in [-0.3, -0.25) is 9.69 Å². The van der Waals surface area contributed by atoms with Gasteiger partial charge in [0.2, 0.25) is 5.91 Å². The van der Waals surface area contributed by atoms with Crippen LogP contribution in [-0.4, -0.2) is 66.7 Å². The molecule has 0 spiro atoms. The number of nitrogens with zero attached hydrogens (tertiary/aromatic N) is 2. The molecule has 0 saturated carbocycles. The number of amides is 3. The number of likely N-dealkylation sites (tertiary alicyclic amines) is 2. The zero-order chi connectivity index (χ0) is 17.0. The summed E-state index contributed by atoms with van der Waals surface area (Å²) < 4.78 is 37.1. The van der Waals surface area contributed by atoms with Gasteiger partial charge in [0.05, 0.1) is 6.54 Å². The van der Waals surface area contributed by atoms with Crippen molar-refractivity contribution in [3.05, 3.63) is 0 Å². The zero-order valence-electron chi connectivity index (χ0n) is 12.9. The summed E-state index contributed by atoms with van der Waals surface area (Å²) in [6, 6.07) is -0.528. The summed E-state index contributed by atoms with van der Waals surface area (Å²) in [6.45, 7) is 0.663. The van der Waals surface area contributed by atoms with E-state index in [2.05, 4.69) is 5.32 Å². The van der Waals surface area contributed by atoms with E-state index in [9.17, 15) is 22.8 Å². The highest BCUT2D eigenvalue weighted by atomic mass is 19.4. The summed E-state index contributed by atoms with van der Waals surface area (Å²) in [4.78, 5) is 26.1. The Labute approximate surface area is 133 Å². The van der Waals surface area contributed by atoms with Crippen molar-refractivity contribution in [3.63, 3.8) is 0 Å². The highest BCUT2D eigenvalue weighted by Crippen LogP contribution is 2.21. The molecule has 0 aromatic carbocycles. The van der Waals surface area contributed by atoms with E-state index >= 15 is 0 Å². The smallest absolute Gasteiger partial charge is 0.370 e. The second kappa shape index (κ2) is 7.37. The Balaban J connectivity index is 1.77. The molecule has 0 aromatic rings. The third-order valence-electron chi connectivity index (χ3n) is 4.30. The summed E-state index contributed by atoms with van der Waals surface area (Å²) in [7, 11) is 0. The van der Waals surface area contributed by atoms with E-state index in [1.807, 2.05) is 0 Å². The molecule has 0 aliphatic carbocycles. The summed E-state index contributed by atoms with van der Waals surface area (Å²) in [5, 5.41) is 2.80. The average molecular weight is 336 g/mol. The van der Waals surface area contributed by atoms with E-state index in [0.29, 0.717) is 26.1 Å². The fourth-order valence-corrected chi connectivity index (χ4v) is 3.31. The van der Waals surface area contributed by atoms with Crippen LogP contribution in [0.4, 0.5) is 18.0 Å². The van der Waals surface area contributed by atoms with Crippen LogP contribution in [0.2, 0.25) is 0 Å². The molecule has 2 rings (SSSR count). The van der Waals surface area contributed by atoms with Crippen molar-refractivity contribution in [1.29, 1.82) is 0 Å². The van der Waals surface area contributed by atoms with Gasteiger partial charge in [-0.2, -0.15) is 13.2 Å². The number of halogens is 3. The minimum Gasteiger partial charge on any atom is -0.370 e. The second-order valence-electron chi connectivity index (χ2n) is 6.41. The maximum absolute atomic E-state index is 12.4. The molecule has 2 saturated heterocycles. The molecule has 2 fully saturated rings. The van der Waals surface area contributed by atoms with Gasteiger partial charge in [0.1, 0.15) is 0 Å². The monoisotopic (exact) mass is 336 g/mol. The maximum Gasteiger partial charge on any atom is 0.401 e. The quantitative estimate of drug-likeness (QED) is 0.801. The van der Waals surface area contributed by atoms with E-state index in [1.54, 1.807) is 4.90 Å². The van der Waals surface area contributed by atoms with Crippen LogP contribution in [0.5, 0.6) is 0 Å². The van der Waals surface area contributed by atoms with Gasteiger partial charge in [-0.1, -0.05) is 0 Å². The highest BCUT2D eigenvalue weighted by molar-refractivity contribution is 5.76. The van der Waals surface area contributed by atoms with Gasteiger partial charge in [-0.25, -0.2) is 4.79 Å². The van der Waals surface area contributed by atoms with Crippen molar-refractivity contribution in [2.45, 2.75) is 37.9 Å². The number of rotatable bonds is 4. The first kappa shape index (κ1) is 17.8. The number of primary amides is 1. The summed E-state index contributed by atoms with van der Waals surface area (Å²) in [5.41, 5.74) is 5.19. The Morgan fingerprint density at radius 2 is 1.91 bits per heavy atom. The normalized spacial score (nSPS) is 26.3. The second-order valence-corrected chi connectivity index (χ2v) is 6.41. The van der Waals surface area contributed by atoms with Crippen LogP contribution in [0.25, 0.3) is 0 Å². The number of piperidine rings is 1. The number of alkyl halides is 3. The Morgan fingerprint density at radius 3 is 2.57 bits per heavy atom. The Hall–Kier alpha value is -1.51. The van der Waals surface area contributed by atoms with Crippen LogP contribution in [0, 0.1) is 5.92 Å². The maximum atomic E-state index is 12.4. The zero-order valence-corrected chi connectivity index (χ0v) is 12.9. The number of nitrogens with one attached hydrogen (secondary N) is 1. The number of nitrogens with two attached hydrogens (primary N) is 1. The largest absolute Gasteiger partial charge is 0.401 e. The van der Waals surface area contributed by atoms with E-state index in [1.165, 1.54) is 4.90 Å². The third kappa shape index (κ3) is 5.89. The van der Waals surface area contributed by atoms with Crippen molar-refractivity contribution >= 4 is 11.9 Å². The molecule has 0 radical (unpaired) electrons. The molecule has 2 aliphatic heterocycles. The Bertz CT molecular complexity index is 444. The fraction of sp³-hybridized carbons (Fsp3) is 0.857. The first-order valence-corrected chi connectivity index (χ1v) is 7.86. The third-order valence-corrected chi connectivity index (χ3v) is 4.30. The fourth-order valence-electron chi connectivity index (χ4n) is 3.31. The van der Waals surface area contributed by atoms with Gasteiger partial charge in [0.15, 0.2) is 0 Å². The Kier molecular flexibility index (Phi) is 5.72. The summed E-state index contributed by atoms with van der Waals surface area (Å²) >= 11 is 0. The summed E-state index contributed by atoms with van der Waals surface area (Å²) in [6.07, 6.45) is -1.79. The molecule has 0 bridgehead atoms. The van der Waals surface area contributed by atoms with Crippen LogP contribution in [0.15, 0.2) is 0 Å². The molecule has 2 aliphatic rings. The van der Waals surface area contributed by atoms with E-state index < -0.39 is 12.7 Å². The lowest BCUT2D eigenvalue weighted by Gasteiger charge is -2.33. The topological polar surface area (TPSA) is 78.7 Å². The van der Waals surface area contributed by atoms with Gasteiger partial charge < -0.3 is 16.0 Å². The van der Waals surface area contributed by atoms with E-state index in [-0.39, 0.29) is 36.9 Å². The first-order valence-electron chi connectivity index (χ1n) is 7.86. The van der Waals surface area contributed by atoms with Gasteiger partial charge in [-0.05, 0) is 25.2 Å². The van der Waals surface area contributed by atoms with Gasteiger partial charge in [0, 0.05) is 38.6 Å². The summed E-state index contributed by atoms with van der Waals surface area (Å²) in [5.74, 6) is -0.312. The van der Waals surface area contributed by atoms with Crippen LogP contribution in [-0.2, 0) is 4.79 Å².